The van der Waals surface area contributed by atoms with E-state index in [1.165, 1.54) is 12.1 Å². The Kier molecular flexibility index (Phi) is 5.80. The summed E-state index contributed by atoms with van der Waals surface area (Å²) in [6, 6.07) is 16.3. The fourth-order valence-electron chi connectivity index (χ4n) is 4.44. The standard InChI is InChI=1S/C25H28N4O3S/c1-18-7-5-6-16-29(18)33(31,32)22-14-10-20(11-15-22)25(30)27-24-23(19-8-3-2-4-9-19)26-17-28(24)21-12-13-21/h2-4,8-11,14-15,17-18,21H,5-7,12-13,16H2,1H3,(H,27,30)/t18-/m0/s1. The summed E-state index contributed by atoms with van der Waals surface area (Å²) in [5.74, 6) is 0.386. The monoisotopic (exact) mass is 464 g/mol. The first-order valence-electron chi connectivity index (χ1n) is 11.5. The normalized spacial score (nSPS) is 19.4. The molecule has 3 aromatic rings. The first-order chi connectivity index (χ1) is 15.9. The van der Waals surface area contributed by atoms with Crippen LogP contribution < -0.4 is 5.32 Å². The van der Waals surface area contributed by atoms with Crippen LogP contribution in [0.15, 0.2) is 65.8 Å². The van der Waals surface area contributed by atoms with Crippen molar-refractivity contribution < 1.29 is 13.2 Å². The molecular formula is C25H28N4O3S. The summed E-state index contributed by atoms with van der Waals surface area (Å²) in [5, 5.41) is 3.03. The minimum Gasteiger partial charge on any atom is -0.314 e. The molecule has 0 spiro atoms. The lowest BCUT2D eigenvalue weighted by molar-refractivity contribution is 0.102. The summed E-state index contributed by atoms with van der Waals surface area (Å²) < 4.78 is 29.8. The summed E-state index contributed by atoms with van der Waals surface area (Å²) >= 11 is 0. The van der Waals surface area contributed by atoms with E-state index >= 15 is 0 Å². The third-order valence-corrected chi connectivity index (χ3v) is 8.51. The van der Waals surface area contributed by atoms with Gasteiger partial charge < -0.3 is 9.88 Å². The van der Waals surface area contributed by atoms with Gasteiger partial charge in [0.15, 0.2) is 0 Å². The molecule has 1 aliphatic carbocycles. The van der Waals surface area contributed by atoms with Crippen LogP contribution in [0.2, 0.25) is 0 Å². The Labute approximate surface area is 194 Å². The van der Waals surface area contributed by atoms with E-state index in [-0.39, 0.29) is 16.8 Å². The molecule has 172 valence electrons. The molecule has 2 heterocycles. The first-order valence-corrected chi connectivity index (χ1v) is 12.9. The maximum Gasteiger partial charge on any atom is 0.256 e. The number of nitrogens with zero attached hydrogens (tertiary/aromatic N) is 3. The van der Waals surface area contributed by atoms with Crippen LogP contribution in [0.5, 0.6) is 0 Å². The Balaban J connectivity index is 1.39. The second-order valence-corrected chi connectivity index (χ2v) is 10.8. The van der Waals surface area contributed by atoms with E-state index < -0.39 is 10.0 Å². The lowest BCUT2D eigenvalue weighted by Gasteiger charge is -2.32. The molecule has 1 aliphatic heterocycles. The fraction of sp³-hybridized carbons (Fsp3) is 0.360. The number of amides is 1. The average molecular weight is 465 g/mol. The Hall–Kier alpha value is -2.97. The SMILES string of the molecule is C[C@H]1CCCCN1S(=O)(=O)c1ccc(C(=O)Nc2c(-c3ccccc3)ncn2C2CC2)cc1. The number of piperidine rings is 1. The lowest BCUT2D eigenvalue weighted by atomic mass is 10.1. The highest BCUT2D eigenvalue weighted by atomic mass is 32.2. The number of imidazole rings is 1. The van der Waals surface area contributed by atoms with Crippen LogP contribution in [0, 0.1) is 0 Å². The highest BCUT2D eigenvalue weighted by Gasteiger charge is 2.31. The third-order valence-electron chi connectivity index (χ3n) is 6.48. The van der Waals surface area contributed by atoms with Gasteiger partial charge in [-0.15, -0.1) is 0 Å². The molecule has 8 heteroatoms. The molecule has 2 aliphatic rings. The molecule has 2 aromatic carbocycles. The molecule has 2 fully saturated rings. The molecule has 1 aromatic heterocycles. The molecule has 1 saturated carbocycles. The maximum atomic E-state index is 13.1. The zero-order chi connectivity index (χ0) is 23.0. The highest BCUT2D eigenvalue weighted by molar-refractivity contribution is 7.89. The molecule has 1 N–H and O–H groups in total. The zero-order valence-corrected chi connectivity index (χ0v) is 19.5. The molecule has 0 unspecified atom stereocenters. The molecule has 33 heavy (non-hydrogen) atoms. The summed E-state index contributed by atoms with van der Waals surface area (Å²) in [6.07, 6.45) is 6.71. The molecule has 1 saturated heterocycles. The molecule has 7 nitrogen and oxygen atoms in total. The van der Waals surface area contributed by atoms with Crippen molar-refractivity contribution in [1.29, 1.82) is 0 Å². The second-order valence-electron chi connectivity index (χ2n) is 8.89. The number of anilines is 1. The number of hydrogen-bond donors (Lipinski definition) is 1. The summed E-state index contributed by atoms with van der Waals surface area (Å²) in [7, 11) is -3.57. The maximum absolute atomic E-state index is 13.1. The van der Waals surface area contributed by atoms with Gasteiger partial charge in [0.2, 0.25) is 10.0 Å². The van der Waals surface area contributed by atoms with Crippen LogP contribution in [0.4, 0.5) is 5.82 Å². The Morgan fingerprint density at radius 2 is 1.73 bits per heavy atom. The van der Waals surface area contributed by atoms with E-state index in [9.17, 15) is 13.2 Å². The number of nitrogens with one attached hydrogen (secondary N) is 1. The summed E-state index contributed by atoms with van der Waals surface area (Å²) in [6.45, 7) is 2.49. The van der Waals surface area contributed by atoms with Gasteiger partial charge in [-0.3, -0.25) is 4.79 Å². The van der Waals surface area contributed by atoms with E-state index in [1.54, 1.807) is 22.8 Å². The Morgan fingerprint density at radius 3 is 2.39 bits per heavy atom. The lowest BCUT2D eigenvalue weighted by Crippen LogP contribution is -2.41. The van der Waals surface area contributed by atoms with Gasteiger partial charge >= 0.3 is 0 Å². The number of sulfonamides is 1. The number of hydrogen-bond acceptors (Lipinski definition) is 4. The van der Waals surface area contributed by atoms with Crippen LogP contribution >= 0.6 is 0 Å². The Bertz CT molecular complexity index is 1250. The van der Waals surface area contributed by atoms with E-state index in [1.807, 2.05) is 41.8 Å². The third kappa shape index (κ3) is 4.32. The molecular weight excluding hydrogens is 436 g/mol. The van der Waals surface area contributed by atoms with E-state index in [0.29, 0.717) is 24.0 Å². The van der Waals surface area contributed by atoms with Crippen molar-refractivity contribution in [1.82, 2.24) is 13.9 Å². The van der Waals surface area contributed by atoms with Crippen molar-refractivity contribution in [2.24, 2.45) is 0 Å². The molecule has 5 rings (SSSR count). The van der Waals surface area contributed by atoms with E-state index in [0.717, 1.165) is 43.4 Å². The fourth-order valence-corrected chi connectivity index (χ4v) is 6.14. The van der Waals surface area contributed by atoms with E-state index in [4.69, 9.17) is 0 Å². The quantitative estimate of drug-likeness (QED) is 0.573. The van der Waals surface area contributed by atoms with Crippen molar-refractivity contribution in [2.45, 2.75) is 56.0 Å². The van der Waals surface area contributed by atoms with Crippen LogP contribution in [-0.2, 0) is 10.0 Å². The predicted octanol–water partition coefficient (Wildman–Crippen LogP) is 4.70. The van der Waals surface area contributed by atoms with Gasteiger partial charge in [0, 0.05) is 29.8 Å². The first kappa shape index (κ1) is 21.9. The number of rotatable bonds is 6. The van der Waals surface area contributed by atoms with Gasteiger partial charge in [-0.25, -0.2) is 13.4 Å². The number of aromatic nitrogens is 2. The minimum absolute atomic E-state index is 0.00848. The zero-order valence-electron chi connectivity index (χ0n) is 18.6. The average Bonchev–Trinajstić information content (AvgIpc) is 3.60. The van der Waals surface area contributed by atoms with Crippen molar-refractivity contribution in [3.63, 3.8) is 0 Å². The largest absolute Gasteiger partial charge is 0.314 e. The van der Waals surface area contributed by atoms with Gasteiger partial charge in [0.05, 0.1) is 11.2 Å². The summed E-state index contributed by atoms with van der Waals surface area (Å²) in [4.78, 5) is 17.9. The van der Waals surface area contributed by atoms with Crippen LogP contribution in [0.1, 0.15) is 55.4 Å². The summed E-state index contributed by atoms with van der Waals surface area (Å²) in [5.41, 5.74) is 2.07. The van der Waals surface area contributed by atoms with Crippen molar-refractivity contribution in [3.05, 3.63) is 66.5 Å². The minimum atomic E-state index is -3.57. The highest BCUT2D eigenvalue weighted by Crippen LogP contribution is 2.40. The van der Waals surface area contributed by atoms with Crippen LogP contribution in [0.3, 0.4) is 0 Å². The molecule has 1 atom stereocenters. The Morgan fingerprint density at radius 1 is 1.00 bits per heavy atom. The van der Waals surface area contributed by atoms with Crippen LogP contribution in [-0.4, -0.2) is 40.8 Å². The van der Waals surface area contributed by atoms with Gasteiger partial charge in [0.1, 0.15) is 11.5 Å². The molecule has 1 amide bonds. The van der Waals surface area contributed by atoms with Gasteiger partial charge in [-0.1, -0.05) is 36.8 Å². The number of carbonyl (C=O) groups excluding carboxylic acids is 1. The number of carbonyl (C=O) groups is 1. The van der Waals surface area contributed by atoms with Crippen molar-refractivity contribution >= 4 is 21.7 Å². The van der Waals surface area contributed by atoms with Gasteiger partial charge in [-0.05, 0) is 56.9 Å². The molecule has 0 radical (unpaired) electrons. The smallest absolute Gasteiger partial charge is 0.256 e. The van der Waals surface area contributed by atoms with Crippen molar-refractivity contribution in [3.8, 4) is 11.3 Å². The number of benzene rings is 2. The predicted molar refractivity (Wildman–Crippen MR) is 128 cm³/mol. The van der Waals surface area contributed by atoms with E-state index in [2.05, 4.69) is 10.3 Å². The van der Waals surface area contributed by atoms with Gasteiger partial charge in [0.25, 0.3) is 5.91 Å². The van der Waals surface area contributed by atoms with Crippen molar-refractivity contribution in [2.75, 3.05) is 11.9 Å². The topological polar surface area (TPSA) is 84.3 Å². The molecule has 0 bridgehead atoms. The van der Waals surface area contributed by atoms with Crippen LogP contribution in [0.25, 0.3) is 11.3 Å². The van der Waals surface area contributed by atoms with Gasteiger partial charge in [-0.2, -0.15) is 4.31 Å². The second kappa shape index (κ2) is 8.76.